The molecular weight excluding hydrogens is 260 g/mol. The average molecular weight is 280 g/mol. The molecular formula is C18H20N2O. The fraction of sp³-hybridized carbons (Fsp3) is 0.278. The highest BCUT2D eigenvalue weighted by atomic mass is 16.1. The molecule has 2 aromatic rings. The molecule has 1 unspecified atom stereocenters. The number of hydrogen-bond donors (Lipinski definition) is 2. The van der Waals surface area contributed by atoms with E-state index in [9.17, 15) is 4.79 Å². The number of carbonyl (C=O) groups excluding carboxylic acids is 1. The number of carbonyl (C=O) groups is 1. The van der Waals surface area contributed by atoms with Crippen LogP contribution in [0.15, 0.2) is 48.5 Å². The second kappa shape index (κ2) is 6.00. The van der Waals surface area contributed by atoms with Crippen molar-refractivity contribution in [2.75, 3.05) is 10.6 Å². The first kappa shape index (κ1) is 13.7. The van der Waals surface area contributed by atoms with Crippen molar-refractivity contribution in [3.05, 3.63) is 59.7 Å². The summed E-state index contributed by atoms with van der Waals surface area (Å²) in [5, 5.41) is 6.44. The summed E-state index contributed by atoms with van der Waals surface area (Å²) in [7, 11) is 0. The Morgan fingerprint density at radius 3 is 2.57 bits per heavy atom. The van der Waals surface area contributed by atoms with Crippen molar-refractivity contribution in [2.45, 2.75) is 32.2 Å². The molecule has 1 aliphatic carbocycles. The molecule has 0 heterocycles. The molecule has 0 fully saturated rings. The highest BCUT2D eigenvalue weighted by molar-refractivity contribution is 5.90. The number of aryl methyl sites for hydroxylation is 1. The molecule has 0 spiro atoms. The highest BCUT2D eigenvalue weighted by Crippen LogP contribution is 2.33. The molecule has 0 saturated carbocycles. The molecule has 0 radical (unpaired) electrons. The van der Waals surface area contributed by atoms with Gasteiger partial charge in [0.05, 0.1) is 6.04 Å². The minimum Gasteiger partial charge on any atom is -0.378 e. The van der Waals surface area contributed by atoms with Gasteiger partial charge >= 0.3 is 0 Å². The van der Waals surface area contributed by atoms with Crippen LogP contribution in [-0.4, -0.2) is 5.91 Å². The molecule has 108 valence electrons. The van der Waals surface area contributed by atoms with E-state index in [1.807, 2.05) is 31.2 Å². The van der Waals surface area contributed by atoms with Crippen LogP contribution in [0.4, 0.5) is 11.4 Å². The van der Waals surface area contributed by atoms with E-state index in [0.29, 0.717) is 12.5 Å². The largest absolute Gasteiger partial charge is 0.378 e. The summed E-state index contributed by atoms with van der Waals surface area (Å²) < 4.78 is 0. The van der Waals surface area contributed by atoms with Gasteiger partial charge in [0.2, 0.25) is 5.91 Å². The molecule has 0 aliphatic heterocycles. The molecule has 2 N–H and O–H groups in total. The Morgan fingerprint density at radius 2 is 1.81 bits per heavy atom. The van der Waals surface area contributed by atoms with Gasteiger partial charge in [-0.15, -0.1) is 0 Å². The molecule has 1 aliphatic rings. The van der Waals surface area contributed by atoms with Crippen molar-refractivity contribution in [1.29, 1.82) is 0 Å². The lowest BCUT2D eigenvalue weighted by Crippen LogP contribution is -2.10. The second-order valence-electron chi connectivity index (χ2n) is 5.41. The number of benzene rings is 2. The van der Waals surface area contributed by atoms with E-state index in [4.69, 9.17) is 0 Å². The third-order valence-electron chi connectivity index (χ3n) is 3.96. The van der Waals surface area contributed by atoms with Crippen molar-refractivity contribution in [3.8, 4) is 0 Å². The van der Waals surface area contributed by atoms with Gasteiger partial charge < -0.3 is 10.6 Å². The van der Waals surface area contributed by atoms with Crippen LogP contribution in [0.25, 0.3) is 0 Å². The Labute approximate surface area is 125 Å². The monoisotopic (exact) mass is 280 g/mol. The molecule has 3 rings (SSSR count). The summed E-state index contributed by atoms with van der Waals surface area (Å²) in [4.78, 5) is 11.4. The predicted octanol–water partition coefficient (Wildman–Crippen LogP) is 4.13. The maximum absolute atomic E-state index is 11.4. The molecule has 0 bridgehead atoms. The van der Waals surface area contributed by atoms with Crippen LogP contribution in [0, 0.1) is 0 Å². The lowest BCUT2D eigenvalue weighted by Gasteiger charge is -2.16. The summed E-state index contributed by atoms with van der Waals surface area (Å²) >= 11 is 0. The molecule has 2 aromatic carbocycles. The zero-order chi connectivity index (χ0) is 14.7. The maximum Gasteiger partial charge on any atom is 0.224 e. The molecule has 3 heteroatoms. The number of anilines is 2. The van der Waals surface area contributed by atoms with Gasteiger partial charge in [-0.2, -0.15) is 0 Å². The molecule has 1 atom stereocenters. The summed E-state index contributed by atoms with van der Waals surface area (Å²) in [6.45, 7) is 1.85. The quantitative estimate of drug-likeness (QED) is 0.884. The van der Waals surface area contributed by atoms with Crippen molar-refractivity contribution < 1.29 is 4.79 Å². The second-order valence-corrected chi connectivity index (χ2v) is 5.41. The van der Waals surface area contributed by atoms with Crippen LogP contribution in [0.3, 0.4) is 0 Å². The summed E-state index contributed by atoms with van der Waals surface area (Å²) in [6, 6.07) is 16.9. The topological polar surface area (TPSA) is 41.1 Å². The summed E-state index contributed by atoms with van der Waals surface area (Å²) in [5.74, 6) is 0.0421. The van der Waals surface area contributed by atoms with Gasteiger partial charge in [0.15, 0.2) is 0 Å². The minimum atomic E-state index is 0.0421. The van der Waals surface area contributed by atoms with Crippen LogP contribution in [-0.2, 0) is 11.2 Å². The lowest BCUT2D eigenvalue weighted by atomic mass is 10.1. The Balaban J connectivity index is 1.68. The molecule has 0 saturated heterocycles. The minimum absolute atomic E-state index is 0.0421. The number of hydrogen-bond acceptors (Lipinski definition) is 2. The number of amides is 1. The Morgan fingerprint density at radius 1 is 1.10 bits per heavy atom. The van der Waals surface area contributed by atoms with Crippen molar-refractivity contribution in [3.63, 3.8) is 0 Å². The highest BCUT2D eigenvalue weighted by Gasteiger charge is 2.21. The first-order valence-corrected chi connectivity index (χ1v) is 7.50. The zero-order valence-corrected chi connectivity index (χ0v) is 12.2. The Hall–Kier alpha value is -2.29. The van der Waals surface area contributed by atoms with Crippen molar-refractivity contribution in [1.82, 2.24) is 0 Å². The summed E-state index contributed by atoms with van der Waals surface area (Å²) in [6.07, 6.45) is 2.77. The third kappa shape index (κ3) is 3.07. The Kier molecular flexibility index (Phi) is 3.91. The third-order valence-corrected chi connectivity index (χ3v) is 3.96. The Bertz CT molecular complexity index is 634. The van der Waals surface area contributed by atoms with Crippen LogP contribution >= 0.6 is 0 Å². The van der Waals surface area contributed by atoms with Gasteiger partial charge in [-0.3, -0.25) is 4.79 Å². The van der Waals surface area contributed by atoms with E-state index in [1.54, 1.807) is 0 Å². The summed E-state index contributed by atoms with van der Waals surface area (Å²) in [5.41, 5.74) is 4.79. The average Bonchev–Trinajstić information content (AvgIpc) is 2.92. The fourth-order valence-electron chi connectivity index (χ4n) is 2.81. The molecule has 1 amide bonds. The van der Waals surface area contributed by atoms with Gasteiger partial charge in [0.25, 0.3) is 0 Å². The van der Waals surface area contributed by atoms with E-state index in [2.05, 4.69) is 34.9 Å². The van der Waals surface area contributed by atoms with E-state index in [1.165, 1.54) is 11.1 Å². The van der Waals surface area contributed by atoms with Gasteiger partial charge in [-0.1, -0.05) is 31.2 Å². The smallest absolute Gasteiger partial charge is 0.224 e. The van der Waals surface area contributed by atoms with Crippen LogP contribution < -0.4 is 10.6 Å². The van der Waals surface area contributed by atoms with E-state index >= 15 is 0 Å². The first-order valence-electron chi connectivity index (χ1n) is 7.50. The van der Waals surface area contributed by atoms with Gasteiger partial charge in [-0.05, 0) is 48.2 Å². The number of fused-ring (bicyclic) bond motifs is 1. The molecule has 21 heavy (non-hydrogen) atoms. The van der Waals surface area contributed by atoms with Gasteiger partial charge in [0, 0.05) is 17.8 Å². The van der Waals surface area contributed by atoms with E-state index in [0.717, 1.165) is 24.2 Å². The van der Waals surface area contributed by atoms with E-state index < -0.39 is 0 Å². The maximum atomic E-state index is 11.4. The van der Waals surface area contributed by atoms with Crippen LogP contribution in [0.2, 0.25) is 0 Å². The van der Waals surface area contributed by atoms with Gasteiger partial charge in [-0.25, -0.2) is 0 Å². The molecule has 0 aromatic heterocycles. The van der Waals surface area contributed by atoms with Crippen molar-refractivity contribution in [2.24, 2.45) is 0 Å². The van der Waals surface area contributed by atoms with Crippen LogP contribution in [0.1, 0.15) is 36.9 Å². The fourth-order valence-corrected chi connectivity index (χ4v) is 2.81. The lowest BCUT2D eigenvalue weighted by molar-refractivity contribution is -0.115. The standard InChI is InChI=1S/C18H20N2O/c1-2-18(21)20-15-10-8-14(9-11-15)19-17-12-7-13-5-3-4-6-16(13)17/h3-6,8-11,17,19H,2,7,12H2,1H3,(H,20,21). The SMILES string of the molecule is CCC(=O)Nc1ccc(NC2CCc3ccccc32)cc1. The zero-order valence-electron chi connectivity index (χ0n) is 12.2. The van der Waals surface area contributed by atoms with E-state index in [-0.39, 0.29) is 5.91 Å². The van der Waals surface area contributed by atoms with Crippen LogP contribution in [0.5, 0.6) is 0 Å². The first-order chi connectivity index (χ1) is 10.3. The number of nitrogens with one attached hydrogen (secondary N) is 2. The normalized spacial score (nSPS) is 16.3. The predicted molar refractivity (Wildman–Crippen MR) is 86.5 cm³/mol. The molecule has 3 nitrogen and oxygen atoms in total. The number of rotatable bonds is 4. The van der Waals surface area contributed by atoms with Gasteiger partial charge in [0.1, 0.15) is 0 Å². The van der Waals surface area contributed by atoms with Crippen molar-refractivity contribution >= 4 is 17.3 Å².